The second-order valence-electron chi connectivity index (χ2n) is 6.46. The number of aliphatic hydroxyl groups is 1. The minimum absolute atomic E-state index is 0.0621. The van der Waals surface area contributed by atoms with Crippen LogP contribution in [-0.2, 0) is 4.79 Å². The number of rotatable bonds is 6. The molecule has 1 aromatic rings. The fourth-order valence-electron chi connectivity index (χ4n) is 2.83. The monoisotopic (exact) mass is 410 g/mol. The van der Waals surface area contributed by atoms with E-state index in [2.05, 4.69) is 27.3 Å². The molecule has 0 radical (unpaired) electrons. The minimum atomic E-state index is -0.628. The number of hydrogen-bond donors (Lipinski definition) is 2. The van der Waals surface area contributed by atoms with E-state index in [0.717, 1.165) is 12.8 Å². The Kier molecular flexibility index (Phi) is 6.68. The highest BCUT2D eigenvalue weighted by Crippen LogP contribution is 2.36. The molecule has 1 aliphatic carbocycles. The van der Waals surface area contributed by atoms with Gasteiger partial charge in [0.15, 0.2) is 18.1 Å². The normalized spacial score (nSPS) is 22.8. The van der Waals surface area contributed by atoms with E-state index in [1.807, 2.05) is 13.8 Å². The van der Waals surface area contributed by atoms with Crippen LogP contribution in [0.4, 0.5) is 0 Å². The molecule has 0 aliphatic heterocycles. The smallest absolute Gasteiger partial charge is 0.258 e. The van der Waals surface area contributed by atoms with E-state index in [1.54, 1.807) is 12.1 Å². The van der Waals surface area contributed by atoms with E-state index >= 15 is 0 Å². The van der Waals surface area contributed by atoms with E-state index in [1.165, 1.54) is 0 Å². The average Bonchev–Trinajstić information content (AvgIpc) is 2.56. The van der Waals surface area contributed by atoms with E-state index in [9.17, 15) is 9.90 Å². The van der Waals surface area contributed by atoms with Gasteiger partial charge < -0.3 is 19.9 Å². The van der Waals surface area contributed by atoms with Crippen molar-refractivity contribution >= 4 is 21.8 Å². The Morgan fingerprint density at radius 2 is 2.12 bits per heavy atom. The number of nitrogens with one attached hydrogen (secondary N) is 1. The molecule has 1 aromatic carbocycles. The first-order chi connectivity index (χ1) is 11.8. The molecule has 0 bridgehead atoms. The molecule has 1 saturated carbocycles. The van der Waals surface area contributed by atoms with Crippen LogP contribution in [0.25, 0.3) is 0 Å². The molecule has 0 unspecified atom stereocenters. The first kappa shape index (κ1) is 19.5. The first-order valence-corrected chi connectivity index (χ1v) is 9.15. The van der Waals surface area contributed by atoms with Crippen molar-refractivity contribution in [3.05, 3.63) is 22.2 Å². The van der Waals surface area contributed by atoms with E-state index in [-0.39, 0.29) is 18.6 Å². The zero-order chi connectivity index (χ0) is 18.4. The SMILES string of the molecule is CCOc1cc(C#N)cc(Br)c1OCC(=O)NC1CCC(C)(O)CC1. The molecule has 2 N–H and O–H groups in total. The Bertz CT molecular complexity index is 660. The number of carbonyl (C=O) groups excluding carboxylic acids is 1. The van der Waals surface area contributed by atoms with Gasteiger partial charge in [0.2, 0.25) is 0 Å². The molecular formula is C18H23BrN2O4. The first-order valence-electron chi connectivity index (χ1n) is 8.35. The number of nitriles is 1. The Labute approximate surface area is 156 Å². The number of benzene rings is 1. The van der Waals surface area contributed by atoms with Gasteiger partial charge in [0.25, 0.3) is 5.91 Å². The molecule has 2 rings (SSSR count). The number of ether oxygens (including phenoxy) is 2. The highest BCUT2D eigenvalue weighted by molar-refractivity contribution is 9.10. The molecular weight excluding hydrogens is 388 g/mol. The van der Waals surface area contributed by atoms with Crippen molar-refractivity contribution in [2.45, 2.75) is 51.2 Å². The quantitative estimate of drug-likeness (QED) is 0.751. The molecule has 1 amide bonds. The summed E-state index contributed by atoms with van der Waals surface area (Å²) in [6.07, 6.45) is 2.86. The Balaban J connectivity index is 1.94. The second kappa shape index (κ2) is 8.54. The molecule has 0 saturated heterocycles. The van der Waals surface area contributed by atoms with E-state index in [0.29, 0.717) is 41.0 Å². The van der Waals surface area contributed by atoms with Gasteiger partial charge in [0.05, 0.1) is 28.3 Å². The van der Waals surface area contributed by atoms with E-state index < -0.39 is 5.60 Å². The summed E-state index contributed by atoms with van der Waals surface area (Å²) in [5.74, 6) is 0.614. The summed E-state index contributed by atoms with van der Waals surface area (Å²) in [6.45, 7) is 3.94. The van der Waals surface area contributed by atoms with Crippen LogP contribution in [0.1, 0.15) is 45.1 Å². The van der Waals surface area contributed by atoms with Crippen LogP contribution in [-0.4, -0.2) is 35.9 Å². The largest absolute Gasteiger partial charge is 0.490 e. The Hall–Kier alpha value is -1.78. The molecule has 25 heavy (non-hydrogen) atoms. The summed E-state index contributed by atoms with van der Waals surface area (Å²) in [4.78, 5) is 12.1. The van der Waals surface area contributed by atoms with Gasteiger partial charge in [0, 0.05) is 12.1 Å². The highest BCUT2D eigenvalue weighted by Gasteiger charge is 2.29. The van der Waals surface area contributed by atoms with Gasteiger partial charge in [0.1, 0.15) is 0 Å². The summed E-state index contributed by atoms with van der Waals surface area (Å²) in [6, 6.07) is 5.33. The van der Waals surface area contributed by atoms with Crippen LogP contribution >= 0.6 is 15.9 Å². The van der Waals surface area contributed by atoms with Gasteiger partial charge >= 0.3 is 0 Å². The summed E-state index contributed by atoms with van der Waals surface area (Å²) in [5.41, 5.74) is -0.182. The van der Waals surface area contributed by atoms with Crippen LogP contribution in [0.2, 0.25) is 0 Å². The number of carbonyl (C=O) groups is 1. The molecule has 1 aliphatic rings. The molecule has 6 nitrogen and oxygen atoms in total. The van der Waals surface area contributed by atoms with Crippen LogP contribution in [0, 0.1) is 11.3 Å². The van der Waals surface area contributed by atoms with Crippen LogP contribution < -0.4 is 14.8 Å². The fourth-order valence-corrected chi connectivity index (χ4v) is 3.38. The number of amides is 1. The number of halogens is 1. The van der Waals surface area contributed by atoms with Crippen LogP contribution in [0.5, 0.6) is 11.5 Å². The molecule has 7 heteroatoms. The van der Waals surface area contributed by atoms with Crippen molar-refractivity contribution < 1.29 is 19.4 Å². The lowest BCUT2D eigenvalue weighted by Gasteiger charge is -2.33. The Morgan fingerprint density at radius 3 is 2.72 bits per heavy atom. The van der Waals surface area contributed by atoms with Gasteiger partial charge in [-0.2, -0.15) is 5.26 Å². The second-order valence-corrected chi connectivity index (χ2v) is 7.31. The van der Waals surface area contributed by atoms with Gasteiger partial charge in [-0.05, 0) is 61.5 Å². The lowest BCUT2D eigenvalue weighted by atomic mass is 9.84. The van der Waals surface area contributed by atoms with Crippen molar-refractivity contribution in [3.8, 4) is 17.6 Å². The lowest BCUT2D eigenvalue weighted by Crippen LogP contribution is -2.43. The third-order valence-corrected chi connectivity index (χ3v) is 4.80. The fraction of sp³-hybridized carbons (Fsp3) is 0.556. The summed E-state index contributed by atoms with van der Waals surface area (Å²) in [7, 11) is 0. The summed E-state index contributed by atoms with van der Waals surface area (Å²) < 4.78 is 11.7. The maximum absolute atomic E-state index is 12.1. The zero-order valence-corrected chi connectivity index (χ0v) is 16.1. The van der Waals surface area contributed by atoms with Crippen molar-refractivity contribution in [2.75, 3.05) is 13.2 Å². The van der Waals surface area contributed by atoms with Crippen LogP contribution in [0.3, 0.4) is 0 Å². The molecule has 136 valence electrons. The highest BCUT2D eigenvalue weighted by atomic mass is 79.9. The van der Waals surface area contributed by atoms with Crippen molar-refractivity contribution in [1.82, 2.24) is 5.32 Å². The standard InChI is InChI=1S/C18H23BrN2O4/c1-3-24-15-9-12(10-20)8-14(19)17(15)25-11-16(22)21-13-4-6-18(2,23)7-5-13/h8-9,13,23H,3-7,11H2,1-2H3,(H,21,22). The van der Waals surface area contributed by atoms with E-state index in [4.69, 9.17) is 14.7 Å². The predicted molar refractivity (Wildman–Crippen MR) is 96.5 cm³/mol. The molecule has 0 aromatic heterocycles. The zero-order valence-electron chi connectivity index (χ0n) is 14.5. The number of hydrogen-bond acceptors (Lipinski definition) is 5. The summed E-state index contributed by atoms with van der Waals surface area (Å²) >= 11 is 3.35. The number of nitrogens with zero attached hydrogens (tertiary/aromatic N) is 1. The van der Waals surface area contributed by atoms with Crippen molar-refractivity contribution in [3.63, 3.8) is 0 Å². The van der Waals surface area contributed by atoms with Crippen molar-refractivity contribution in [2.24, 2.45) is 0 Å². The molecule has 1 fully saturated rings. The third kappa shape index (κ3) is 5.62. The van der Waals surface area contributed by atoms with Gasteiger partial charge in [-0.25, -0.2) is 0 Å². The summed E-state index contributed by atoms with van der Waals surface area (Å²) in [5, 5.41) is 21.9. The van der Waals surface area contributed by atoms with Crippen LogP contribution in [0.15, 0.2) is 16.6 Å². The average molecular weight is 411 g/mol. The van der Waals surface area contributed by atoms with Crippen molar-refractivity contribution in [1.29, 1.82) is 5.26 Å². The van der Waals surface area contributed by atoms with Gasteiger partial charge in [-0.1, -0.05) is 0 Å². The third-order valence-electron chi connectivity index (χ3n) is 4.21. The predicted octanol–water partition coefficient (Wildman–Crippen LogP) is 2.91. The Morgan fingerprint density at radius 1 is 1.44 bits per heavy atom. The maximum atomic E-state index is 12.1. The lowest BCUT2D eigenvalue weighted by molar-refractivity contribution is -0.124. The maximum Gasteiger partial charge on any atom is 0.258 e. The molecule has 0 atom stereocenters. The minimum Gasteiger partial charge on any atom is -0.490 e. The molecule has 0 spiro atoms. The molecule has 0 heterocycles. The topological polar surface area (TPSA) is 91.6 Å². The van der Waals surface area contributed by atoms with Gasteiger partial charge in [-0.15, -0.1) is 0 Å². The van der Waals surface area contributed by atoms with Gasteiger partial charge in [-0.3, -0.25) is 4.79 Å².